The molecule has 0 N–H and O–H groups in total. The minimum absolute atomic E-state index is 0.0829. The van der Waals surface area contributed by atoms with E-state index in [1.807, 2.05) is 30.4 Å². The molecule has 1 aromatic heterocycles. The Balaban J connectivity index is 1.60. The average molecular weight is 371 g/mol. The molecule has 2 saturated heterocycles. The van der Waals surface area contributed by atoms with E-state index < -0.39 is 5.41 Å². The molecule has 4 rings (SSSR count). The molecule has 6 heteroatoms. The van der Waals surface area contributed by atoms with Gasteiger partial charge in [0.1, 0.15) is 11.5 Å². The lowest BCUT2D eigenvalue weighted by Gasteiger charge is -2.41. The van der Waals surface area contributed by atoms with Crippen molar-refractivity contribution < 1.29 is 14.0 Å². The van der Waals surface area contributed by atoms with Crippen molar-refractivity contribution >= 4 is 22.7 Å². The third kappa shape index (κ3) is 2.82. The number of hydrogen-bond donors (Lipinski definition) is 0. The first kappa shape index (κ1) is 18.0. The van der Waals surface area contributed by atoms with E-state index in [1.54, 1.807) is 17.0 Å². The maximum Gasteiger partial charge on any atom is 0.270 e. The first-order chi connectivity index (χ1) is 12.8. The van der Waals surface area contributed by atoms with Gasteiger partial charge in [-0.05, 0) is 57.4 Å². The average Bonchev–Trinajstić information content (AvgIpc) is 3.19. The van der Waals surface area contributed by atoms with Crippen LogP contribution in [0.5, 0.6) is 0 Å². The van der Waals surface area contributed by atoms with Crippen molar-refractivity contribution in [3.63, 3.8) is 0 Å². The number of carbonyl (C=O) groups is 2. The van der Waals surface area contributed by atoms with Gasteiger partial charge in [0.2, 0.25) is 5.91 Å². The molecule has 2 aliphatic heterocycles. The molecule has 5 nitrogen and oxygen atoms in total. The summed E-state index contributed by atoms with van der Waals surface area (Å²) >= 11 is 0. The van der Waals surface area contributed by atoms with Gasteiger partial charge in [0, 0.05) is 43.6 Å². The highest BCUT2D eigenvalue weighted by Crippen LogP contribution is 2.41. The topological polar surface area (TPSA) is 45.5 Å². The van der Waals surface area contributed by atoms with E-state index in [2.05, 4.69) is 0 Å². The third-order valence-electron chi connectivity index (χ3n) is 6.26. The molecule has 1 spiro atoms. The fourth-order valence-corrected chi connectivity index (χ4v) is 4.71. The molecule has 2 aromatic rings. The number of fused-ring (bicyclic) bond motifs is 1. The quantitative estimate of drug-likeness (QED) is 0.814. The largest absolute Gasteiger partial charge is 0.340 e. The Kier molecular flexibility index (Phi) is 4.24. The monoisotopic (exact) mass is 371 g/mol. The van der Waals surface area contributed by atoms with Gasteiger partial charge < -0.3 is 14.4 Å². The van der Waals surface area contributed by atoms with Crippen LogP contribution in [0.2, 0.25) is 0 Å². The molecule has 0 aliphatic carbocycles. The summed E-state index contributed by atoms with van der Waals surface area (Å²) in [5, 5.41) is 0.717. The fourth-order valence-electron chi connectivity index (χ4n) is 4.71. The number of amides is 2. The molecule has 144 valence electrons. The Bertz CT molecular complexity index is 920. The van der Waals surface area contributed by atoms with E-state index in [-0.39, 0.29) is 23.7 Å². The van der Waals surface area contributed by atoms with Crippen LogP contribution in [0, 0.1) is 11.2 Å². The zero-order valence-electron chi connectivity index (χ0n) is 16.2. The van der Waals surface area contributed by atoms with Gasteiger partial charge in [-0.2, -0.15) is 0 Å². The smallest absolute Gasteiger partial charge is 0.270 e. The second-order valence-corrected chi connectivity index (χ2v) is 8.24. The summed E-state index contributed by atoms with van der Waals surface area (Å²) in [5.74, 6) is -0.201. The normalized spacial score (nSPS) is 23.2. The van der Waals surface area contributed by atoms with E-state index in [0.717, 1.165) is 36.7 Å². The van der Waals surface area contributed by atoms with E-state index in [1.165, 1.54) is 12.1 Å². The third-order valence-corrected chi connectivity index (χ3v) is 6.26. The minimum Gasteiger partial charge on any atom is -0.340 e. The van der Waals surface area contributed by atoms with Crippen LogP contribution in [0.1, 0.15) is 43.6 Å². The van der Waals surface area contributed by atoms with Gasteiger partial charge in [-0.15, -0.1) is 0 Å². The number of likely N-dealkylation sites (tertiary alicyclic amines) is 2. The molecule has 3 heterocycles. The summed E-state index contributed by atoms with van der Waals surface area (Å²) < 4.78 is 15.3. The number of benzene rings is 1. The van der Waals surface area contributed by atoms with Crippen LogP contribution in [-0.2, 0) is 11.8 Å². The van der Waals surface area contributed by atoms with E-state index in [0.29, 0.717) is 18.8 Å². The Morgan fingerprint density at radius 2 is 1.96 bits per heavy atom. The summed E-state index contributed by atoms with van der Waals surface area (Å²) in [4.78, 5) is 30.0. The molecule has 1 aromatic carbocycles. The molecule has 0 radical (unpaired) electrons. The number of nitrogens with zero attached hydrogens (tertiary/aromatic N) is 3. The minimum atomic E-state index is -0.436. The van der Waals surface area contributed by atoms with Crippen LogP contribution in [0.15, 0.2) is 24.3 Å². The van der Waals surface area contributed by atoms with Crippen LogP contribution in [0.3, 0.4) is 0 Å². The van der Waals surface area contributed by atoms with Crippen molar-refractivity contribution in [3.05, 3.63) is 35.8 Å². The molecule has 0 saturated carbocycles. The fraction of sp³-hybridized carbons (Fsp3) is 0.524. The van der Waals surface area contributed by atoms with Gasteiger partial charge >= 0.3 is 0 Å². The Morgan fingerprint density at radius 1 is 1.19 bits per heavy atom. The standard InChI is InChI=1S/C21H26FN3O2/c1-14(2)25-9-4-7-21(20(25)27)8-10-24(13-21)19(26)18-12-15-11-16(22)5-6-17(15)23(18)3/h5-6,11-12,14H,4,7-10,13H2,1-3H3/t21-/m0/s1. The number of rotatable bonds is 2. The highest BCUT2D eigenvalue weighted by Gasteiger charge is 2.50. The van der Waals surface area contributed by atoms with Crippen molar-refractivity contribution in [2.45, 2.75) is 39.2 Å². The molecule has 0 bridgehead atoms. The van der Waals surface area contributed by atoms with Crippen molar-refractivity contribution in [3.8, 4) is 0 Å². The lowest BCUT2D eigenvalue weighted by Crippen LogP contribution is -2.52. The van der Waals surface area contributed by atoms with Crippen LogP contribution in [0.25, 0.3) is 10.9 Å². The van der Waals surface area contributed by atoms with E-state index in [9.17, 15) is 14.0 Å². The van der Waals surface area contributed by atoms with Gasteiger partial charge in [0.15, 0.2) is 0 Å². The number of halogens is 1. The molecule has 2 amide bonds. The second kappa shape index (κ2) is 6.36. The van der Waals surface area contributed by atoms with Crippen molar-refractivity contribution in [2.24, 2.45) is 12.5 Å². The number of hydrogen-bond acceptors (Lipinski definition) is 2. The summed E-state index contributed by atoms with van der Waals surface area (Å²) in [7, 11) is 1.82. The summed E-state index contributed by atoms with van der Waals surface area (Å²) in [6, 6.07) is 6.48. The van der Waals surface area contributed by atoms with Crippen LogP contribution in [-0.4, -0.2) is 51.9 Å². The van der Waals surface area contributed by atoms with Crippen molar-refractivity contribution in [1.82, 2.24) is 14.4 Å². The number of carbonyl (C=O) groups excluding carboxylic acids is 2. The zero-order valence-corrected chi connectivity index (χ0v) is 16.2. The molecule has 2 aliphatic rings. The predicted octanol–water partition coefficient (Wildman–Crippen LogP) is 3.18. The SMILES string of the molecule is CC(C)N1CCC[C@@]2(CCN(C(=O)c3cc4cc(F)ccc4n3C)C2)C1=O. The van der Waals surface area contributed by atoms with E-state index in [4.69, 9.17) is 0 Å². The number of piperidine rings is 1. The van der Waals surface area contributed by atoms with Crippen molar-refractivity contribution in [1.29, 1.82) is 0 Å². The lowest BCUT2D eigenvalue weighted by atomic mass is 9.78. The maximum atomic E-state index is 13.5. The number of aromatic nitrogens is 1. The van der Waals surface area contributed by atoms with Gasteiger partial charge in [-0.1, -0.05) is 0 Å². The van der Waals surface area contributed by atoms with Gasteiger partial charge in [-0.3, -0.25) is 9.59 Å². The van der Waals surface area contributed by atoms with Crippen molar-refractivity contribution in [2.75, 3.05) is 19.6 Å². The molecular formula is C21H26FN3O2. The highest BCUT2D eigenvalue weighted by atomic mass is 19.1. The summed E-state index contributed by atoms with van der Waals surface area (Å²) in [6.07, 6.45) is 2.55. The Hall–Kier alpha value is -2.37. The molecular weight excluding hydrogens is 345 g/mol. The molecule has 1 atom stereocenters. The summed E-state index contributed by atoms with van der Waals surface area (Å²) in [6.45, 7) is 5.96. The van der Waals surface area contributed by atoms with Gasteiger partial charge in [0.05, 0.1) is 5.41 Å². The lowest BCUT2D eigenvalue weighted by molar-refractivity contribution is -0.147. The second-order valence-electron chi connectivity index (χ2n) is 8.24. The number of aryl methyl sites for hydroxylation is 1. The van der Waals surface area contributed by atoms with E-state index >= 15 is 0 Å². The molecule has 0 unspecified atom stereocenters. The first-order valence-electron chi connectivity index (χ1n) is 9.68. The van der Waals surface area contributed by atoms with Gasteiger partial charge in [-0.25, -0.2) is 4.39 Å². The Morgan fingerprint density at radius 3 is 2.70 bits per heavy atom. The Labute approximate surface area is 158 Å². The molecule has 2 fully saturated rings. The zero-order chi connectivity index (χ0) is 19.3. The van der Waals surface area contributed by atoms with Gasteiger partial charge in [0.25, 0.3) is 5.91 Å². The van der Waals surface area contributed by atoms with Crippen LogP contribution < -0.4 is 0 Å². The molecule has 27 heavy (non-hydrogen) atoms. The predicted molar refractivity (Wildman–Crippen MR) is 102 cm³/mol. The maximum absolute atomic E-state index is 13.5. The summed E-state index contributed by atoms with van der Waals surface area (Å²) in [5.41, 5.74) is 0.930. The highest BCUT2D eigenvalue weighted by molar-refractivity contribution is 5.99. The van der Waals surface area contributed by atoms with Crippen LogP contribution in [0.4, 0.5) is 4.39 Å². The first-order valence-corrected chi connectivity index (χ1v) is 9.68. The van der Waals surface area contributed by atoms with Crippen LogP contribution >= 0.6 is 0 Å².